The number of hydrogen-bond donors (Lipinski definition) is 1. The second kappa shape index (κ2) is 8.68. The van der Waals surface area contributed by atoms with Crippen LogP contribution >= 0.6 is 23.4 Å². The lowest BCUT2D eigenvalue weighted by atomic mass is 9.95. The normalized spacial score (nSPS) is 28.3. The predicted molar refractivity (Wildman–Crippen MR) is 116 cm³/mol. The molecule has 0 aromatic heterocycles. The number of nitrogens with zero attached hydrogens (tertiary/aromatic N) is 2. The molecule has 0 saturated carbocycles. The van der Waals surface area contributed by atoms with E-state index in [0.29, 0.717) is 12.5 Å². The molecule has 1 aromatic carbocycles. The summed E-state index contributed by atoms with van der Waals surface area (Å²) in [5, 5.41) is 8.82. The molecule has 30 heavy (non-hydrogen) atoms. The van der Waals surface area contributed by atoms with Gasteiger partial charge < -0.3 is 10.0 Å². The quantitative estimate of drug-likeness (QED) is 0.701. The molecule has 0 spiro atoms. The van der Waals surface area contributed by atoms with Crippen molar-refractivity contribution in [2.75, 3.05) is 24.6 Å². The number of carbonyl (C=O) groups excluding carboxylic acids is 1. The predicted octanol–water partition coefficient (Wildman–Crippen LogP) is 2.14. The number of likely N-dealkylation sites (tertiary alicyclic amines) is 2. The van der Waals surface area contributed by atoms with Gasteiger partial charge in [0.15, 0.2) is 9.84 Å². The summed E-state index contributed by atoms with van der Waals surface area (Å²) in [5.74, 6) is 0.715. The Balaban J connectivity index is 1.54. The zero-order valence-corrected chi connectivity index (χ0v) is 18.8. The summed E-state index contributed by atoms with van der Waals surface area (Å²) >= 11 is 8.00. The van der Waals surface area contributed by atoms with Gasteiger partial charge in [-0.15, -0.1) is 0 Å². The van der Waals surface area contributed by atoms with Crippen LogP contribution in [0, 0.1) is 0 Å². The molecule has 1 aromatic rings. The number of thioether (sulfide) groups is 1. The van der Waals surface area contributed by atoms with Gasteiger partial charge >= 0.3 is 5.97 Å². The molecule has 1 amide bonds. The maximum Gasteiger partial charge on any atom is 0.326 e. The molecule has 7 nitrogen and oxygen atoms in total. The third-order valence-corrected chi connectivity index (χ3v) is 10.1. The van der Waals surface area contributed by atoms with Crippen molar-refractivity contribution in [3.05, 3.63) is 29.3 Å². The van der Waals surface area contributed by atoms with Crippen molar-refractivity contribution in [2.24, 2.45) is 0 Å². The second-order valence-corrected chi connectivity index (χ2v) is 11.9. The van der Waals surface area contributed by atoms with E-state index in [1.807, 2.05) is 11.8 Å². The topological polar surface area (TPSA) is 95.0 Å². The van der Waals surface area contributed by atoms with Crippen molar-refractivity contribution in [2.45, 2.75) is 54.0 Å². The molecule has 164 valence electrons. The number of aliphatic carboxylic acids is 1. The van der Waals surface area contributed by atoms with Gasteiger partial charge in [0, 0.05) is 19.1 Å². The first kappa shape index (κ1) is 21.9. The minimum absolute atomic E-state index is 0.0138. The number of carbonyl (C=O) groups is 2. The lowest BCUT2D eigenvalue weighted by Gasteiger charge is -2.47. The Morgan fingerprint density at radius 1 is 1.10 bits per heavy atom. The Morgan fingerprint density at radius 3 is 2.40 bits per heavy atom. The summed E-state index contributed by atoms with van der Waals surface area (Å²) in [4.78, 5) is 28.6. The van der Waals surface area contributed by atoms with Gasteiger partial charge in [0.05, 0.1) is 21.2 Å². The second-order valence-electron chi connectivity index (χ2n) is 8.06. The summed E-state index contributed by atoms with van der Waals surface area (Å²) in [7, 11) is -3.86. The van der Waals surface area contributed by atoms with Gasteiger partial charge in [-0.1, -0.05) is 23.7 Å². The monoisotopic (exact) mass is 472 g/mol. The number of hydrogen-bond acceptors (Lipinski definition) is 6. The lowest BCUT2D eigenvalue weighted by molar-refractivity contribution is -0.154. The number of halogens is 1. The molecule has 3 atom stereocenters. The van der Waals surface area contributed by atoms with Gasteiger partial charge in [0.25, 0.3) is 0 Å². The number of carboxylic acids is 1. The average Bonchev–Trinajstić information content (AvgIpc) is 3.15. The van der Waals surface area contributed by atoms with Crippen LogP contribution in [0.5, 0.6) is 0 Å². The van der Waals surface area contributed by atoms with Crippen LogP contribution in [-0.2, 0) is 19.4 Å². The first-order valence-electron chi connectivity index (χ1n) is 10.2. The largest absolute Gasteiger partial charge is 0.480 e. The lowest BCUT2D eigenvalue weighted by Crippen LogP contribution is -2.62. The van der Waals surface area contributed by atoms with E-state index in [-0.39, 0.29) is 34.8 Å². The van der Waals surface area contributed by atoms with Crippen molar-refractivity contribution in [3.63, 3.8) is 0 Å². The van der Waals surface area contributed by atoms with E-state index in [1.54, 1.807) is 12.1 Å². The van der Waals surface area contributed by atoms with Crippen LogP contribution in [0.2, 0.25) is 5.02 Å². The van der Waals surface area contributed by atoms with Crippen LogP contribution < -0.4 is 0 Å². The van der Waals surface area contributed by atoms with Crippen LogP contribution in [0.1, 0.15) is 25.7 Å². The molecule has 4 rings (SSSR count). The summed E-state index contributed by atoms with van der Waals surface area (Å²) in [5.41, 5.74) is 0. The first-order chi connectivity index (χ1) is 14.3. The minimum Gasteiger partial charge on any atom is -0.480 e. The van der Waals surface area contributed by atoms with Gasteiger partial charge in [-0.25, -0.2) is 13.2 Å². The number of benzene rings is 1. The van der Waals surface area contributed by atoms with E-state index in [0.717, 1.165) is 30.9 Å². The highest BCUT2D eigenvalue weighted by Crippen LogP contribution is 2.35. The number of amides is 1. The Labute approximate surface area is 185 Å². The van der Waals surface area contributed by atoms with E-state index >= 15 is 0 Å². The smallest absolute Gasteiger partial charge is 0.326 e. The van der Waals surface area contributed by atoms with Gasteiger partial charge in [-0.2, -0.15) is 11.8 Å². The van der Waals surface area contributed by atoms with Crippen molar-refractivity contribution in [1.29, 1.82) is 0 Å². The third-order valence-electron chi connectivity index (χ3n) is 6.42. The molecular weight excluding hydrogens is 448 g/mol. The van der Waals surface area contributed by atoms with Gasteiger partial charge in [0.2, 0.25) is 5.91 Å². The molecule has 3 heterocycles. The average molecular weight is 473 g/mol. The van der Waals surface area contributed by atoms with Gasteiger partial charge in [-0.05, 0) is 49.3 Å². The Bertz CT molecular complexity index is 935. The molecule has 3 saturated heterocycles. The summed E-state index contributed by atoms with van der Waals surface area (Å²) in [6, 6.07) is 5.01. The Hall–Kier alpha value is -1.29. The maximum absolute atomic E-state index is 13.3. The molecule has 10 heteroatoms. The molecule has 1 N–H and O–H groups in total. The molecule has 0 bridgehead atoms. The van der Waals surface area contributed by atoms with Crippen molar-refractivity contribution >= 4 is 45.1 Å². The molecule has 3 aliphatic heterocycles. The van der Waals surface area contributed by atoms with Crippen LogP contribution in [0.25, 0.3) is 0 Å². The van der Waals surface area contributed by atoms with Crippen LogP contribution in [-0.4, -0.2) is 83.2 Å². The Kier molecular flexibility index (Phi) is 6.35. The zero-order valence-electron chi connectivity index (χ0n) is 16.4. The summed E-state index contributed by atoms with van der Waals surface area (Å²) in [6.45, 7) is 0.715. The number of sulfone groups is 1. The molecule has 0 radical (unpaired) electrons. The minimum atomic E-state index is -3.86. The van der Waals surface area contributed by atoms with Crippen molar-refractivity contribution < 1.29 is 23.1 Å². The first-order valence-corrected chi connectivity index (χ1v) is 13.2. The maximum atomic E-state index is 13.3. The SMILES string of the molecule is O=C(O)[C@@H]1C[C@@H](S(=O)(=O)c2ccccc2Cl)CN1C(=O)C1CCN1C1CCSCC1. The molecule has 1 unspecified atom stereocenters. The zero-order chi connectivity index (χ0) is 21.5. The van der Waals surface area contributed by atoms with Crippen molar-refractivity contribution in [3.8, 4) is 0 Å². The van der Waals surface area contributed by atoms with Crippen molar-refractivity contribution in [1.82, 2.24) is 9.80 Å². The molecular formula is C20H25ClN2O5S2. The molecule has 3 aliphatic rings. The van der Waals surface area contributed by atoms with E-state index in [9.17, 15) is 23.1 Å². The van der Waals surface area contributed by atoms with E-state index in [4.69, 9.17) is 11.6 Å². The van der Waals surface area contributed by atoms with E-state index < -0.39 is 27.1 Å². The van der Waals surface area contributed by atoms with Crippen LogP contribution in [0.15, 0.2) is 29.2 Å². The van der Waals surface area contributed by atoms with Gasteiger partial charge in [-0.3, -0.25) is 9.69 Å². The van der Waals surface area contributed by atoms with Crippen LogP contribution in [0.3, 0.4) is 0 Å². The third kappa shape index (κ3) is 3.97. The number of carboxylic acid groups (broad SMARTS) is 1. The van der Waals surface area contributed by atoms with E-state index in [1.165, 1.54) is 17.0 Å². The summed E-state index contributed by atoms with van der Waals surface area (Å²) < 4.78 is 26.3. The fraction of sp³-hybridized carbons (Fsp3) is 0.600. The fourth-order valence-corrected chi connectivity index (χ4v) is 7.97. The number of rotatable bonds is 5. The van der Waals surface area contributed by atoms with Crippen LogP contribution in [0.4, 0.5) is 0 Å². The standard InChI is InChI=1S/C20H25ClN2O5S2/c21-15-3-1-2-4-18(15)30(27,28)14-11-17(20(25)26)23(12-14)19(24)16-5-8-22(16)13-6-9-29-10-7-13/h1-4,13-14,16-17H,5-12H2,(H,25,26)/t14-,16?,17+/m1/s1. The Morgan fingerprint density at radius 2 is 1.80 bits per heavy atom. The fourth-order valence-electron chi connectivity index (χ4n) is 4.67. The highest BCUT2D eigenvalue weighted by Gasteiger charge is 2.50. The van der Waals surface area contributed by atoms with E-state index in [2.05, 4.69) is 4.90 Å². The molecule has 3 fully saturated rings. The highest BCUT2D eigenvalue weighted by molar-refractivity contribution is 7.99. The summed E-state index contributed by atoms with van der Waals surface area (Å²) in [6.07, 6.45) is 2.62. The van der Waals surface area contributed by atoms with Gasteiger partial charge in [0.1, 0.15) is 6.04 Å². The highest BCUT2D eigenvalue weighted by atomic mass is 35.5. The molecule has 0 aliphatic carbocycles.